The number of benzene rings is 1. The van der Waals surface area contributed by atoms with Gasteiger partial charge in [-0.3, -0.25) is 0 Å². The second-order valence-corrected chi connectivity index (χ2v) is 8.09. The monoisotopic (exact) mass is 341 g/mol. The summed E-state index contributed by atoms with van der Waals surface area (Å²) in [6.45, 7) is 4.82. The SMILES string of the molecule is CC1CC(C)CN(S(=O)(=O)c2ccc(C(=O)OCCO)cc2)C1. The molecule has 7 heteroatoms. The standard InChI is InChI=1S/C16H23NO5S/c1-12-9-13(2)11-17(10-12)23(20,21)15-5-3-14(4-6-15)16(19)22-8-7-18/h3-6,12-13,18H,7-11H2,1-2H3. The van der Waals surface area contributed by atoms with Gasteiger partial charge in [-0.05, 0) is 42.5 Å². The highest BCUT2D eigenvalue weighted by molar-refractivity contribution is 7.89. The normalized spacial score (nSPS) is 22.7. The lowest BCUT2D eigenvalue weighted by molar-refractivity contribution is 0.0433. The van der Waals surface area contributed by atoms with Crippen LogP contribution in [0.1, 0.15) is 30.6 Å². The summed E-state index contributed by atoms with van der Waals surface area (Å²) >= 11 is 0. The summed E-state index contributed by atoms with van der Waals surface area (Å²) in [5.41, 5.74) is 0.262. The average Bonchev–Trinajstić information content (AvgIpc) is 2.51. The van der Waals surface area contributed by atoms with Crippen molar-refractivity contribution in [1.29, 1.82) is 0 Å². The second-order valence-electron chi connectivity index (χ2n) is 6.15. The Morgan fingerprint density at radius 1 is 1.22 bits per heavy atom. The first-order valence-corrected chi connectivity index (χ1v) is 9.16. The van der Waals surface area contributed by atoms with Crippen LogP contribution >= 0.6 is 0 Å². The number of rotatable bonds is 5. The molecule has 1 heterocycles. The van der Waals surface area contributed by atoms with E-state index in [2.05, 4.69) is 13.8 Å². The molecule has 6 nitrogen and oxygen atoms in total. The molecule has 1 aliphatic rings. The first-order chi connectivity index (χ1) is 10.8. The van der Waals surface area contributed by atoms with Crippen molar-refractivity contribution in [2.24, 2.45) is 11.8 Å². The molecule has 2 atom stereocenters. The third-order valence-electron chi connectivity index (χ3n) is 3.89. The van der Waals surface area contributed by atoms with Gasteiger partial charge in [0.15, 0.2) is 0 Å². The molecule has 1 aromatic rings. The van der Waals surface area contributed by atoms with Crippen LogP contribution in [-0.4, -0.2) is 50.1 Å². The van der Waals surface area contributed by atoms with Gasteiger partial charge in [0, 0.05) is 13.1 Å². The second kappa shape index (κ2) is 7.42. The number of carbonyl (C=O) groups is 1. The lowest BCUT2D eigenvalue weighted by Gasteiger charge is -2.34. The van der Waals surface area contributed by atoms with Gasteiger partial charge in [0.2, 0.25) is 10.0 Å². The van der Waals surface area contributed by atoms with E-state index in [1.807, 2.05) is 0 Å². The van der Waals surface area contributed by atoms with Gasteiger partial charge < -0.3 is 9.84 Å². The number of aliphatic hydroxyl groups is 1. The lowest BCUT2D eigenvalue weighted by Crippen LogP contribution is -2.42. The summed E-state index contributed by atoms with van der Waals surface area (Å²) in [6, 6.07) is 5.72. The Balaban J connectivity index is 2.15. The molecule has 1 aromatic carbocycles. The summed E-state index contributed by atoms with van der Waals surface area (Å²) < 4.78 is 31.7. The highest BCUT2D eigenvalue weighted by Crippen LogP contribution is 2.26. The molecule has 0 aromatic heterocycles. The molecule has 0 aliphatic carbocycles. The predicted octanol–water partition coefficient (Wildman–Crippen LogP) is 1.50. The molecule has 2 unspecified atom stereocenters. The molecule has 1 fully saturated rings. The fourth-order valence-corrected chi connectivity index (χ4v) is 4.62. The molecule has 128 valence electrons. The molecule has 23 heavy (non-hydrogen) atoms. The number of carbonyl (C=O) groups excluding carboxylic acids is 1. The van der Waals surface area contributed by atoms with Crippen molar-refractivity contribution in [3.05, 3.63) is 29.8 Å². The van der Waals surface area contributed by atoms with Crippen molar-refractivity contribution >= 4 is 16.0 Å². The summed E-state index contributed by atoms with van der Waals surface area (Å²) in [5, 5.41) is 8.64. The van der Waals surface area contributed by atoms with Gasteiger partial charge in [0.25, 0.3) is 0 Å². The third-order valence-corrected chi connectivity index (χ3v) is 5.73. The van der Waals surface area contributed by atoms with Crippen LogP contribution in [0, 0.1) is 11.8 Å². The number of sulfonamides is 1. The van der Waals surface area contributed by atoms with E-state index in [4.69, 9.17) is 9.84 Å². The number of esters is 1. The minimum absolute atomic E-state index is 0.0809. The van der Waals surface area contributed by atoms with E-state index in [1.54, 1.807) is 0 Å². The van der Waals surface area contributed by atoms with E-state index >= 15 is 0 Å². The Bertz CT molecular complexity index is 631. The summed E-state index contributed by atoms with van der Waals surface area (Å²) in [7, 11) is -3.55. The van der Waals surface area contributed by atoms with Gasteiger partial charge in [-0.2, -0.15) is 4.31 Å². The van der Waals surface area contributed by atoms with E-state index < -0.39 is 16.0 Å². The van der Waals surface area contributed by atoms with Gasteiger partial charge in [0.1, 0.15) is 6.61 Å². The zero-order valence-corrected chi connectivity index (χ0v) is 14.3. The molecular formula is C16H23NO5S. The van der Waals surface area contributed by atoms with Crippen LogP contribution in [0.5, 0.6) is 0 Å². The first-order valence-electron chi connectivity index (χ1n) is 7.72. The van der Waals surface area contributed by atoms with Crippen molar-refractivity contribution in [3.8, 4) is 0 Å². The molecule has 0 amide bonds. The quantitative estimate of drug-likeness (QED) is 0.821. The number of hydrogen-bond acceptors (Lipinski definition) is 5. The van der Waals surface area contributed by atoms with Crippen LogP contribution in [0.25, 0.3) is 0 Å². The summed E-state index contributed by atoms with van der Waals surface area (Å²) in [6.07, 6.45) is 1.03. The molecule has 0 spiro atoms. The molecule has 1 N–H and O–H groups in total. The zero-order valence-electron chi connectivity index (χ0n) is 13.4. The number of hydrogen-bond donors (Lipinski definition) is 1. The van der Waals surface area contributed by atoms with E-state index in [9.17, 15) is 13.2 Å². The van der Waals surface area contributed by atoms with Crippen LogP contribution in [0.4, 0.5) is 0 Å². The Kier molecular flexibility index (Phi) is 5.78. The largest absolute Gasteiger partial charge is 0.460 e. The maximum atomic E-state index is 12.7. The summed E-state index contributed by atoms with van der Waals surface area (Å²) in [4.78, 5) is 11.8. The Morgan fingerprint density at radius 3 is 2.30 bits per heavy atom. The Hall–Kier alpha value is -1.44. The number of piperidine rings is 1. The van der Waals surface area contributed by atoms with E-state index in [0.29, 0.717) is 24.9 Å². The molecule has 0 radical (unpaired) electrons. The van der Waals surface area contributed by atoms with Crippen molar-refractivity contribution in [2.45, 2.75) is 25.2 Å². The van der Waals surface area contributed by atoms with Crippen molar-refractivity contribution in [2.75, 3.05) is 26.3 Å². The van der Waals surface area contributed by atoms with Crippen molar-refractivity contribution in [1.82, 2.24) is 4.31 Å². The zero-order chi connectivity index (χ0) is 17.0. The third kappa shape index (κ3) is 4.31. The van der Waals surface area contributed by atoms with Crippen LogP contribution in [-0.2, 0) is 14.8 Å². The fraction of sp³-hybridized carbons (Fsp3) is 0.562. The topological polar surface area (TPSA) is 83.9 Å². The maximum Gasteiger partial charge on any atom is 0.338 e. The fourth-order valence-electron chi connectivity index (χ4n) is 2.94. The minimum Gasteiger partial charge on any atom is -0.460 e. The molecule has 0 bridgehead atoms. The average molecular weight is 341 g/mol. The van der Waals surface area contributed by atoms with Gasteiger partial charge >= 0.3 is 5.97 Å². The molecular weight excluding hydrogens is 318 g/mol. The Morgan fingerprint density at radius 2 is 1.78 bits per heavy atom. The summed E-state index contributed by atoms with van der Waals surface area (Å²) in [5.74, 6) is 0.0886. The lowest BCUT2D eigenvalue weighted by atomic mass is 9.94. The van der Waals surface area contributed by atoms with Gasteiger partial charge in [0.05, 0.1) is 17.1 Å². The van der Waals surface area contributed by atoms with Gasteiger partial charge in [-0.15, -0.1) is 0 Å². The van der Waals surface area contributed by atoms with Crippen molar-refractivity contribution < 1.29 is 23.1 Å². The van der Waals surface area contributed by atoms with Crippen LogP contribution < -0.4 is 0 Å². The maximum absolute atomic E-state index is 12.7. The molecule has 2 rings (SSSR count). The predicted molar refractivity (Wildman–Crippen MR) is 85.5 cm³/mol. The van der Waals surface area contributed by atoms with E-state index in [0.717, 1.165) is 6.42 Å². The van der Waals surface area contributed by atoms with Crippen LogP contribution in [0.3, 0.4) is 0 Å². The van der Waals surface area contributed by atoms with Crippen LogP contribution in [0.15, 0.2) is 29.2 Å². The number of ether oxygens (including phenoxy) is 1. The highest BCUT2D eigenvalue weighted by Gasteiger charge is 2.31. The van der Waals surface area contributed by atoms with E-state index in [1.165, 1.54) is 28.6 Å². The number of aliphatic hydroxyl groups excluding tert-OH is 1. The van der Waals surface area contributed by atoms with Gasteiger partial charge in [-0.1, -0.05) is 13.8 Å². The first kappa shape index (κ1) is 17.9. The molecule has 0 saturated carbocycles. The minimum atomic E-state index is -3.55. The Labute approximate surface area is 137 Å². The highest BCUT2D eigenvalue weighted by atomic mass is 32.2. The molecule has 1 saturated heterocycles. The van der Waals surface area contributed by atoms with Crippen molar-refractivity contribution in [3.63, 3.8) is 0 Å². The molecule has 1 aliphatic heterocycles. The van der Waals surface area contributed by atoms with E-state index in [-0.39, 0.29) is 23.7 Å². The van der Waals surface area contributed by atoms with Gasteiger partial charge in [-0.25, -0.2) is 13.2 Å². The number of nitrogens with zero attached hydrogens (tertiary/aromatic N) is 1. The van der Waals surface area contributed by atoms with Crippen LogP contribution in [0.2, 0.25) is 0 Å². The smallest absolute Gasteiger partial charge is 0.338 e.